The number of halogens is 2. The van der Waals surface area contributed by atoms with Crippen LogP contribution in [0.2, 0.25) is 5.02 Å². The summed E-state index contributed by atoms with van der Waals surface area (Å²) < 4.78 is 18.8. The minimum atomic E-state index is -0.271. The fourth-order valence-corrected chi connectivity index (χ4v) is 3.28. The van der Waals surface area contributed by atoms with Crippen molar-refractivity contribution in [1.29, 1.82) is 0 Å². The van der Waals surface area contributed by atoms with Gasteiger partial charge >= 0.3 is 0 Å². The maximum Gasteiger partial charge on any atom is 0.247 e. The molecule has 3 nitrogen and oxygen atoms in total. The second-order valence-electron chi connectivity index (χ2n) is 6.85. The van der Waals surface area contributed by atoms with E-state index >= 15 is 0 Å². The lowest BCUT2D eigenvalue weighted by Gasteiger charge is -2.21. The highest BCUT2D eigenvalue weighted by atomic mass is 35.5. The zero-order valence-electron chi connectivity index (χ0n) is 14.7. The fraction of sp³-hybridized carbons (Fsp3) is 0.227. The number of amides is 1. The molecule has 4 rings (SSSR count). The van der Waals surface area contributed by atoms with Crippen LogP contribution in [0.4, 0.5) is 4.39 Å². The van der Waals surface area contributed by atoms with Crippen LogP contribution in [0.1, 0.15) is 24.0 Å². The Labute approximate surface area is 162 Å². The Balaban J connectivity index is 1.47. The summed E-state index contributed by atoms with van der Waals surface area (Å²) >= 11 is 6.03. The van der Waals surface area contributed by atoms with Crippen LogP contribution in [0.3, 0.4) is 0 Å². The number of hydrogen-bond acceptors (Lipinski definition) is 2. The van der Waals surface area contributed by atoms with Crippen LogP contribution >= 0.6 is 11.6 Å². The molecule has 0 unspecified atom stereocenters. The number of hydrogen-bond donors (Lipinski definition) is 0. The number of ether oxygens (including phenoxy) is 1. The van der Waals surface area contributed by atoms with Crippen LogP contribution in [-0.4, -0.2) is 23.5 Å². The maximum atomic E-state index is 13.1. The van der Waals surface area contributed by atoms with Crippen molar-refractivity contribution in [3.8, 4) is 5.75 Å². The first-order valence-corrected chi connectivity index (χ1v) is 9.32. The van der Waals surface area contributed by atoms with Crippen LogP contribution in [0.5, 0.6) is 5.75 Å². The fourth-order valence-electron chi connectivity index (χ4n) is 3.10. The van der Waals surface area contributed by atoms with Crippen LogP contribution < -0.4 is 4.74 Å². The zero-order valence-corrected chi connectivity index (χ0v) is 15.5. The molecule has 1 aliphatic carbocycles. The summed E-state index contributed by atoms with van der Waals surface area (Å²) in [6, 6.07) is 12.0. The second kappa shape index (κ2) is 7.57. The van der Waals surface area contributed by atoms with Crippen LogP contribution in [0, 0.1) is 5.82 Å². The van der Waals surface area contributed by atoms with E-state index in [-0.39, 0.29) is 17.8 Å². The van der Waals surface area contributed by atoms with E-state index in [0.29, 0.717) is 18.2 Å². The molecule has 1 saturated carbocycles. The summed E-state index contributed by atoms with van der Waals surface area (Å²) in [6.07, 6.45) is 7.39. The third kappa shape index (κ3) is 4.40. The molecule has 2 aliphatic rings. The highest BCUT2D eigenvalue weighted by molar-refractivity contribution is 6.30. The van der Waals surface area contributed by atoms with Gasteiger partial charge in [-0.2, -0.15) is 0 Å². The summed E-state index contributed by atoms with van der Waals surface area (Å²) in [5, 5.41) is 0.647. The third-order valence-electron chi connectivity index (χ3n) is 4.68. The van der Waals surface area contributed by atoms with E-state index in [4.69, 9.17) is 16.3 Å². The minimum Gasteiger partial charge on any atom is -0.488 e. The number of carbonyl (C=O) groups excluding carboxylic acids is 1. The quantitative estimate of drug-likeness (QED) is 0.680. The van der Waals surface area contributed by atoms with Gasteiger partial charge in [-0.3, -0.25) is 4.79 Å². The third-order valence-corrected chi connectivity index (χ3v) is 4.92. The Morgan fingerprint density at radius 3 is 2.74 bits per heavy atom. The monoisotopic (exact) mass is 383 g/mol. The molecule has 1 aliphatic heterocycles. The van der Waals surface area contributed by atoms with Crippen molar-refractivity contribution in [2.75, 3.05) is 6.61 Å². The molecule has 0 radical (unpaired) electrons. The second-order valence-corrected chi connectivity index (χ2v) is 7.28. The van der Waals surface area contributed by atoms with Crippen molar-refractivity contribution in [3.05, 3.63) is 82.2 Å². The Morgan fingerprint density at radius 2 is 2.00 bits per heavy atom. The smallest absolute Gasteiger partial charge is 0.247 e. The largest absolute Gasteiger partial charge is 0.488 e. The average Bonchev–Trinajstić information content (AvgIpc) is 3.50. The summed E-state index contributed by atoms with van der Waals surface area (Å²) in [5.74, 6) is 0.478. The van der Waals surface area contributed by atoms with E-state index < -0.39 is 0 Å². The Hall–Kier alpha value is -2.59. The van der Waals surface area contributed by atoms with Gasteiger partial charge in [-0.15, -0.1) is 0 Å². The highest BCUT2D eigenvalue weighted by Gasteiger charge is 2.31. The Morgan fingerprint density at radius 1 is 1.22 bits per heavy atom. The molecule has 0 spiro atoms. The summed E-state index contributed by atoms with van der Waals surface area (Å²) in [7, 11) is 0. The van der Waals surface area contributed by atoms with Crippen molar-refractivity contribution in [1.82, 2.24) is 4.90 Å². The minimum absolute atomic E-state index is 0.0420. The predicted octanol–water partition coefficient (Wildman–Crippen LogP) is 5.00. The van der Waals surface area contributed by atoms with Crippen molar-refractivity contribution in [3.63, 3.8) is 0 Å². The first-order chi connectivity index (χ1) is 13.1. The maximum absolute atomic E-state index is 13.1. The Kier molecular flexibility index (Phi) is 4.99. The highest BCUT2D eigenvalue weighted by Crippen LogP contribution is 2.30. The lowest BCUT2D eigenvalue weighted by molar-refractivity contribution is -0.127. The molecule has 0 saturated heterocycles. The molecule has 5 heteroatoms. The van der Waals surface area contributed by atoms with Crippen LogP contribution in [-0.2, 0) is 11.3 Å². The molecule has 138 valence electrons. The van der Waals surface area contributed by atoms with E-state index in [9.17, 15) is 9.18 Å². The summed E-state index contributed by atoms with van der Waals surface area (Å²) in [4.78, 5) is 14.6. The molecule has 27 heavy (non-hydrogen) atoms. The molecule has 1 amide bonds. The molecule has 2 aromatic rings. The van der Waals surface area contributed by atoms with Gasteiger partial charge in [0.1, 0.15) is 18.2 Å². The number of nitrogens with zero attached hydrogens (tertiary/aromatic N) is 1. The van der Waals surface area contributed by atoms with E-state index in [1.807, 2.05) is 23.1 Å². The topological polar surface area (TPSA) is 29.5 Å². The van der Waals surface area contributed by atoms with Gasteiger partial charge in [0.05, 0.1) is 0 Å². The van der Waals surface area contributed by atoms with Gasteiger partial charge in [0.2, 0.25) is 5.91 Å². The molecule has 1 heterocycles. The molecule has 0 N–H and O–H groups in total. The standard InChI is InChI=1S/C22H19ClFNO2/c23-18-4-9-21-17(12-18)11-16(14-27-21)3-10-22(26)25(20-7-8-20)13-15-1-5-19(24)6-2-15/h1-6,9-12,20H,7-8,13-14H2/b10-3+. The van der Waals surface area contributed by atoms with Gasteiger partial charge in [-0.25, -0.2) is 4.39 Å². The van der Waals surface area contributed by atoms with E-state index in [1.165, 1.54) is 12.1 Å². The van der Waals surface area contributed by atoms with Crippen molar-refractivity contribution < 1.29 is 13.9 Å². The molecule has 0 bridgehead atoms. The summed E-state index contributed by atoms with van der Waals surface area (Å²) in [6.45, 7) is 0.905. The van der Waals surface area contributed by atoms with Crippen LogP contribution in [0.15, 0.2) is 60.2 Å². The van der Waals surface area contributed by atoms with E-state index in [2.05, 4.69) is 0 Å². The zero-order chi connectivity index (χ0) is 18.8. The number of carbonyl (C=O) groups is 1. The molecule has 0 aromatic heterocycles. The van der Waals surface area contributed by atoms with Gasteiger partial charge < -0.3 is 9.64 Å². The number of fused-ring (bicyclic) bond motifs is 1. The Bertz CT molecular complexity index is 916. The van der Waals surface area contributed by atoms with Gasteiger partial charge in [-0.05, 0) is 60.4 Å². The molecular weight excluding hydrogens is 365 g/mol. The van der Waals surface area contributed by atoms with Crippen LogP contribution in [0.25, 0.3) is 6.08 Å². The van der Waals surface area contributed by atoms with Crippen molar-refractivity contribution in [2.24, 2.45) is 0 Å². The molecule has 2 aromatic carbocycles. The predicted molar refractivity (Wildman–Crippen MR) is 104 cm³/mol. The molecular formula is C22H19ClFNO2. The number of rotatable bonds is 5. The lowest BCUT2D eigenvalue weighted by atomic mass is 10.1. The first kappa shape index (κ1) is 17.8. The van der Waals surface area contributed by atoms with Gasteiger partial charge in [-0.1, -0.05) is 29.8 Å². The normalized spacial score (nSPS) is 15.9. The van der Waals surface area contributed by atoms with Gasteiger partial charge in [0.15, 0.2) is 0 Å². The van der Waals surface area contributed by atoms with E-state index in [1.54, 1.807) is 30.4 Å². The first-order valence-electron chi connectivity index (χ1n) is 8.94. The lowest BCUT2D eigenvalue weighted by Crippen LogP contribution is -2.31. The summed E-state index contributed by atoms with van der Waals surface area (Å²) in [5.41, 5.74) is 2.75. The van der Waals surface area contributed by atoms with Crippen molar-refractivity contribution in [2.45, 2.75) is 25.4 Å². The molecule has 0 atom stereocenters. The van der Waals surface area contributed by atoms with E-state index in [0.717, 1.165) is 35.3 Å². The van der Waals surface area contributed by atoms with Crippen molar-refractivity contribution >= 4 is 23.6 Å². The van der Waals surface area contributed by atoms with Gasteiger partial charge in [0, 0.05) is 29.2 Å². The number of benzene rings is 2. The SMILES string of the molecule is O=C(/C=C/C1=Cc2cc(Cl)ccc2OC1)N(Cc1ccc(F)cc1)C1CC1. The van der Waals surface area contributed by atoms with Gasteiger partial charge in [0.25, 0.3) is 0 Å². The average molecular weight is 384 g/mol. The molecule has 1 fully saturated rings.